The van der Waals surface area contributed by atoms with E-state index in [0.29, 0.717) is 5.69 Å². The number of anilines is 1. The molecule has 4 nitrogen and oxygen atoms in total. The van der Waals surface area contributed by atoms with Crippen molar-refractivity contribution < 1.29 is 27.2 Å². The third-order valence-corrected chi connectivity index (χ3v) is 4.06. The van der Waals surface area contributed by atoms with Crippen molar-refractivity contribution in [3.8, 4) is 0 Å². The Labute approximate surface area is 146 Å². The van der Waals surface area contributed by atoms with Gasteiger partial charge in [0.15, 0.2) is 0 Å². The number of hydrogen-bond donors (Lipinski definition) is 1. The van der Waals surface area contributed by atoms with Crippen LogP contribution < -0.4 is 10.2 Å². The van der Waals surface area contributed by atoms with Gasteiger partial charge in [-0.3, -0.25) is 9.59 Å². The van der Waals surface area contributed by atoms with Crippen molar-refractivity contribution in [2.75, 3.05) is 11.4 Å². The summed E-state index contributed by atoms with van der Waals surface area (Å²) in [5.41, 5.74) is -1.21. The highest BCUT2D eigenvalue weighted by molar-refractivity contribution is 5.99. The molecule has 1 saturated heterocycles. The van der Waals surface area contributed by atoms with Crippen LogP contribution in [0.5, 0.6) is 0 Å². The zero-order valence-electron chi connectivity index (χ0n) is 13.4. The van der Waals surface area contributed by atoms with Crippen LogP contribution in [-0.2, 0) is 11.0 Å². The molecular weight excluding hydrogens is 352 g/mol. The Morgan fingerprint density at radius 1 is 1.12 bits per heavy atom. The molecule has 0 saturated carbocycles. The predicted octanol–water partition coefficient (Wildman–Crippen LogP) is 3.38. The van der Waals surface area contributed by atoms with Crippen molar-refractivity contribution in [1.29, 1.82) is 0 Å². The van der Waals surface area contributed by atoms with E-state index < -0.39 is 35.1 Å². The van der Waals surface area contributed by atoms with Gasteiger partial charge >= 0.3 is 6.18 Å². The summed E-state index contributed by atoms with van der Waals surface area (Å²) in [5.74, 6) is -1.76. The van der Waals surface area contributed by atoms with Gasteiger partial charge in [0, 0.05) is 18.7 Å². The molecule has 0 bridgehead atoms. The quantitative estimate of drug-likeness (QED) is 0.847. The van der Waals surface area contributed by atoms with E-state index in [1.165, 1.54) is 35.2 Å². The number of benzene rings is 2. The van der Waals surface area contributed by atoms with Crippen molar-refractivity contribution in [1.82, 2.24) is 5.32 Å². The van der Waals surface area contributed by atoms with Gasteiger partial charge in [0.05, 0.1) is 17.2 Å². The number of amides is 2. The second kappa shape index (κ2) is 6.78. The molecule has 1 fully saturated rings. The molecule has 0 aromatic heterocycles. The lowest BCUT2D eigenvalue weighted by atomic mass is 10.1. The largest absolute Gasteiger partial charge is 0.417 e. The van der Waals surface area contributed by atoms with Crippen LogP contribution in [-0.4, -0.2) is 24.4 Å². The lowest BCUT2D eigenvalue weighted by Gasteiger charge is -2.18. The van der Waals surface area contributed by atoms with Gasteiger partial charge in [0.1, 0.15) is 5.82 Å². The fourth-order valence-corrected chi connectivity index (χ4v) is 2.89. The highest BCUT2D eigenvalue weighted by Crippen LogP contribution is 2.32. The van der Waals surface area contributed by atoms with Gasteiger partial charge in [0.2, 0.25) is 5.91 Å². The van der Waals surface area contributed by atoms with E-state index in [1.54, 1.807) is 6.07 Å². The highest BCUT2D eigenvalue weighted by atomic mass is 19.4. The molecule has 1 atom stereocenters. The number of rotatable bonds is 3. The molecule has 8 heteroatoms. The lowest BCUT2D eigenvalue weighted by molar-refractivity contribution is -0.138. The standard InChI is InChI=1S/C18H14F4N2O2/c19-11-4-3-5-13(8-11)24-10-12(9-16(24)25)23-17(26)14-6-1-2-7-15(14)18(20,21)22/h1-8,12H,9-10H2,(H,23,26)/t12-/m0/s1. The molecule has 1 N–H and O–H groups in total. The van der Waals surface area contributed by atoms with E-state index in [-0.39, 0.29) is 18.9 Å². The van der Waals surface area contributed by atoms with Crippen molar-refractivity contribution >= 4 is 17.5 Å². The topological polar surface area (TPSA) is 49.4 Å². The number of nitrogens with one attached hydrogen (secondary N) is 1. The molecule has 136 valence electrons. The summed E-state index contributed by atoms with van der Waals surface area (Å²) in [7, 11) is 0. The fourth-order valence-electron chi connectivity index (χ4n) is 2.89. The van der Waals surface area contributed by atoms with Gasteiger partial charge < -0.3 is 10.2 Å². The lowest BCUT2D eigenvalue weighted by Crippen LogP contribution is -2.38. The van der Waals surface area contributed by atoms with E-state index in [2.05, 4.69) is 5.32 Å². The van der Waals surface area contributed by atoms with Crippen LogP contribution in [0.3, 0.4) is 0 Å². The first-order valence-electron chi connectivity index (χ1n) is 7.79. The van der Waals surface area contributed by atoms with Crippen LogP contribution in [0.25, 0.3) is 0 Å². The fraction of sp³-hybridized carbons (Fsp3) is 0.222. The molecule has 2 amide bonds. The van der Waals surface area contributed by atoms with E-state index in [0.717, 1.165) is 12.1 Å². The summed E-state index contributed by atoms with van der Waals surface area (Å²) in [5, 5.41) is 2.46. The van der Waals surface area contributed by atoms with Crippen LogP contribution in [0.2, 0.25) is 0 Å². The highest BCUT2D eigenvalue weighted by Gasteiger charge is 2.36. The summed E-state index contributed by atoms with van der Waals surface area (Å²) < 4.78 is 52.4. The molecule has 26 heavy (non-hydrogen) atoms. The van der Waals surface area contributed by atoms with Crippen LogP contribution in [0, 0.1) is 5.82 Å². The molecule has 3 rings (SSSR count). The Morgan fingerprint density at radius 3 is 2.54 bits per heavy atom. The molecule has 0 unspecified atom stereocenters. The minimum absolute atomic E-state index is 0.0577. The average molecular weight is 366 g/mol. The maximum Gasteiger partial charge on any atom is 0.417 e. The van der Waals surface area contributed by atoms with Crippen LogP contribution in [0.1, 0.15) is 22.3 Å². The van der Waals surface area contributed by atoms with Crippen molar-refractivity contribution in [2.45, 2.75) is 18.6 Å². The Bertz CT molecular complexity index is 851. The zero-order valence-corrected chi connectivity index (χ0v) is 13.4. The van der Waals surface area contributed by atoms with Gasteiger partial charge in [-0.2, -0.15) is 13.2 Å². The molecule has 1 aliphatic rings. The first kappa shape index (κ1) is 17.9. The number of carbonyl (C=O) groups is 2. The van der Waals surface area contributed by atoms with E-state index in [9.17, 15) is 27.2 Å². The van der Waals surface area contributed by atoms with Crippen molar-refractivity contribution in [2.24, 2.45) is 0 Å². The monoisotopic (exact) mass is 366 g/mol. The van der Waals surface area contributed by atoms with Gasteiger partial charge in [-0.15, -0.1) is 0 Å². The van der Waals surface area contributed by atoms with Crippen LogP contribution in [0.4, 0.5) is 23.2 Å². The Balaban J connectivity index is 1.75. The first-order chi connectivity index (χ1) is 12.3. The van der Waals surface area contributed by atoms with Gasteiger partial charge in [0.25, 0.3) is 5.91 Å². The summed E-state index contributed by atoms with van der Waals surface area (Å²) in [6.45, 7) is 0.0577. The number of alkyl halides is 3. The van der Waals surface area contributed by atoms with E-state index in [4.69, 9.17) is 0 Å². The average Bonchev–Trinajstić information content (AvgIpc) is 2.94. The Morgan fingerprint density at radius 2 is 1.85 bits per heavy atom. The third-order valence-electron chi connectivity index (χ3n) is 4.06. The minimum atomic E-state index is -4.66. The summed E-state index contributed by atoms with van der Waals surface area (Å²) in [6, 6.07) is 9.19. The minimum Gasteiger partial charge on any atom is -0.347 e. The normalized spacial score (nSPS) is 17.5. The van der Waals surface area contributed by atoms with E-state index in [1.807, 2.05) is 0 Å². The Hall–Kier alpha value is -2.90. The second-order valence-corrected chi connectivity index (χ2v) is 5.90. The van der Waals surface area contributed by atoms with Gasteiger partial charge in [-0.25, -0.2) is 4.39 Å². The summed E-state index contributed by atoms with van der Waals surface area (Å²) in [6.07, 6.45) is -4.73. The SMILES string of the molecule is O=C(N[C@H]1CC(=O)N(c2cccc(F)c2)C1)c1ccccc1C(F)(F)F. The number of halogens is 4. The molecule has 2 aromatic carbocycles. The third kappa shape index (κ3) is 3.68. The second-order valence-electron chi connectivity index (χ2n) is 5.90. The maximum absolute atomic E-state index is 13.3. The Kier molecular flexibility index (Phi) is 4.67. The smallest absolute Gasteiger partial charge is 0.347 e. The van der Waals surface area contributed by atoms with E-state index >= 15 is 0 Å². The molecule has 1 aliphatic heterocycles. The molecule has 0 aliphatic carbocycles. The number of nitrogens with zero attached hydrogens (tertiary/aromatic N) is 1. The molecule has 2 aromatic rings. The predicted molar refractivity (Wildman–Crippen MR) is 86.1 cm³/mol. The number of hydrogen-bond acceptors (Lipinski definition) is 2. The van der Waals surface area contributed by atoms with Crippen molar-refractivity contribution in [3.63, 3.8) is 0 Å². The molecule has 0 radical (unpaired) electrons. The first-order valence-corrected chi connectivity index (χ1v) is 7.79. The van der Waals surface area contributed by atoms with Crippen LogP contribution >= 0.6 is 0 Å². The van der Waals surface area contributed by atoms with Crippen LogP contribution in [0.15, 0.2) is 48.5 Å². The zero-order chi connectivity index (χ0) is 18.9. The number of carbonyl (C=O) groups excluding carboxylic acids is 2. The van der Waals surface area contributed by atoms with Crippen molar-refractivity contribution in [3.05, 3.63) is 65.5 Å². The van der Waals surface area contributed by atoms with Gasteiger partial charge in [-0.05, 0) is 30.3 Å². The molecule has 0 spiro atoms. The molecule has 1 heterocycles. The molecular formula is C18H14F4N2O2. The maximum atomic E-state index is 13.3. The summed E-state index contributed by atoms with van der Waals surface area (Å²) in [4.78, 5) is 25.7. The summed E-state index contributed by atoms with van der Waals surface area (Å²) >= 11 is 0. The van der Waals surface area contributed by atoms with Gasteiger partial charge in [-0.1, -0.05) is 18.2 Å².